The number of aliphatic imine (C=N–C) groups is 2. The molecule has 2 heterocycles. The van der Waals surface area contributed by atoms with Crippen LogP contribution in [0, 0.1) is 0 Å². The molecular weight excluding hydrogens is 613 g/mol. The number of nitrogens with one attached hydrogen (secondary N) is 1. The highest BCUT2D eigenvalue weighted by Crippen LogP contribution is 2.52. The highest BCUT2D eigenvalue weighted by molar-refractivity contribution is 7.53. The predicted molar refractivity (Wildman–Crippen MR) is 186 cm³/mol. The maximum absolute atomic E-state index is 13.2. The molecule has 0 aliphatic carbocycles. The second-order valence-corrected chi connectivity index (χ2v) is 13.5. The van der Waals surface area contributed by atoms with Crippen molar-refractivity contribution in [3.8, 4) is 5.75 Å². The van der Waals surface area contributed by atoms with Gasteiger partial charge in [0.1, 0.15) is 17.8 Å². The molecule has 0 saturated carbocycles. The van der Waals surface area contributed by atoms with E-state index < -0.39 is 7.60 Å². The molecule has 2 aromatic carbocycles. The van der Waals surface area contributed by atoms with Crippen molar-refractivity contribution < 1.29 is 18.3 Å². The van der Waals surface area contributed by atoms with Crippen LogP contribution in [0.4, 0.5) is 17.1 Å². The lowest BCUT2D eigenvalue weighted by Gasteiger charge is -2.42. The number of nitrogens with two attached hydrogens (primary N) is 1. The Labute approximate surface area is 272 Å². The molecule has 2 fully saturated rings. The number of ether oxygens (including phenoxy) is 1. The average Bonchev–Trinajstić information content (AvgIpc) is 3.05. The van der Waals surface area contributed by atoms with Crippen LogP contribution in [0.2, 0.25) is 0 Å². The molecule has 2 aliphatic heterocycles. The topological polar surface area (TPSA) is 117 Å². The first-order valence-corrected chi connectivity index (χ1v) is 17.7. The molecule has 13 heteroatoms. The van der Waals surface area contributed by atoms with Crippen molar-refractivity contribution in [2.45, 2.75) is 38.9 Å². The third-order valence-electron chi connectivity index (χ3n) is 8.09. The van der Waals surface area contributed by atoms with Gasteiger partial charge >= 0.3 is 7.60 Å². The zero-order valence-corrected chi connectivity index (χ0v) is 28.5. The maximum Gasteiger partial charge on any atom is 0.335 e. The fourth-order valence-corrected chi connectivity index (χ4v) is 7.50. The van der Waals surface area contributed by atoms with E-state index in [1.165, 1.54) is 12.5 Å². The van der Waals surface area contributed by atoms with Gasteiger partial charge in [0.15, 0.2) is 5.84 Å². The van der Waals surface area contributed by atoms with Crippen LogP contribution in [0.15, 0.2) is 63.7 Å². The Hall–Kier alpha value is -2.92. The summed E-state index contributed by atoms with van der Waals surface area (Å²) in [4.78, 5) is 16.5. The van der Waals surface area contributed by atoms with Gasteiger partial charge in [-0.1, -0.05) is 29.8 Å². The average molecular weight is 660 g/mol. The van der Waals surface area contributed by atoms with Gasteiger partial charge in [0.2, 0.25) is 0 Å². The molecule has 45 heavy (non-hydrogen) atoms. The number of hydrogen-bond donors (Lipinski definition) is 2. The summed E-state index contributed by atoms with van der Waals surface area (Å²) in [5, 5.41) is 3.40. The number of hydrogen-bond acceptors (Lipinski definition) is 9. The minimum absolute atomic E-state index is 0.0836. The van der Waals surface area contributed by atoms with Gasteiger partial charge in [-0.2, -0.15) is 0 Å². The molecule has 0 radical (unpaired) electrons. The first-order chi connectivity index (χ1) is 21.8. The number of amidine groups is 1. The number of rotatable bonds is 13. The highest BCUT2D eigenvalue weighted by Gasteiger charge is 2.28. The quantitative estimate of drug-likeness (QED) is 0.154. The number of halogens is 1. The summed E-state index contributed by atoms with van der Waals surface area (Å²) in [6, 6.07) is 14.1. The largest absolute Gasteiger partial charge is 0.494 e. The zero-order valence-electron chi connectivity index (χ0n) is 26.8. The molecule has 11 nitrogen and oxygen atoms in total. The summed E-state index contributed by atoms with van der Waals surface area (Å²) in [6.07, 6.45) is 5.05. The van der Waals surface area contributed by atoms with Gasteiger partial charge in [0, 0.05) is 69.0 Å². The zero-order chi connectivity index (χ0) is 32.2. The van der Waals surface area contributed by atoms with Crippen LogP contribution in [0.1, 0.15) is 32.3 Å². The summed E-state index contributed by atoms with van der Waals surface area (Å²) in [7, 11) is 0.502. The van der Waals surface area contributed by atoms with Crippen LogP contribution in [0.3, 0.4) is 0 Å². The SMILES string of the molecule is CCOP(=O)(Cc1ccccc1NC(=NC=Nc1ccc(N2CCC(N3CCN(C)CC3)CC2)cc1OC)/C(Cl)=C\N)OCC. The van der Waals surface area contributed by atoms with Crippen molar-refractivity contribution in [2.75, 3.05) is 76.9 Å². The summed E-state index contributed by atoms with van der Waals surface area (Å²) < 4.78 is 29.9. The van der Waals surface area contributed by atoms with Crippen LogP contribution >= 0.6 is 19.2 Å². The Morgan fingerprint density at radius 2 is 1.76 bits per heavy atom. The van der Waals surface area contributed by atoms with Crippen LogP contribution in [-0.2, 0) is 19.8 Å². The maximum atomic E-state index is 13.2. The fourth-order valence-electron chi connectivity index (χ4n) is 5.67. The Bertz CT molecular complexity index is 1380. The minimum Gasteiger partial charge on any atom is -0.494 e. The Morgan fingerprint density at radius 1 is 1.07 bits per heavy atom. The fraction of sp³-hybridized carbons (Fsp3) is 0.500. The Kier molecular flexibility index (Phi) is 13.3. The van der Waals surface area contributed by atoms with E-state index in [2.05, 4.69) is 43.1 Å². The van der Waals surface area contributed by atoms with E-state index in [-0.39, 0.29) is 30.2 Å². The number of piperidine rings is 1. The van der Waals surface area contributed by atoms with Gasteiger partial charge in [-0.3, -0.25) is 9.46 Å². The van der Waals surface area contributed by atoms with E-state index in [1.54, 1.807) is 21.0 Å². The highest BCUT2D eigenvalue weighted by atomic mass is 35.5. The van der Waals surface area contributed by atoms with E-state index in [0.717, 1.165) is 63.4 Å². The Morgan fingerprint density at radius 3 is 2.40 bits per heavy atom. The van der Waals surface area contributed by atoms with Gasteiger partial charge in [-0.15, -0.1) is 0 Å². The molecule has 2 aromatic rings. The smallest absolute Gasteiger partial charge is 0.335 e. The van der Waals surface area contributed by atoms with Crippen molar-refractivity contribution in [2.24, 2.45) is 15.7 Å². The predicted octanol–water partition coefficient (Wildman–Crippen LogP) is 5.89. The molecule has 0 aromatic heterocycles. The van der Waals surface area contributed by atoms with Gasteiger partial charge in [-0.05, 0) is 57.5 Å². The second kappa shape index (κ2) is 17.1. The summed E-state index contributed by atoms with van der Waals surface area (Å²) in [5.74, 6) is 0.930. The molecule has 2 aliphatic rings. The molecular formula is C32H47ClN7O4P. The molecule has 2 saturated heterocycles. The Balaban J connectivity index is 1.45. The molecule has 0 unspecified atom stereocenters. The van der Waals surface area contributed by atoms with Crippen molar-refractivity contribution in [1.29, 1.82) is 0 Å². The molecule has 3 N–H and O–H groups in total. The first kappa shape index (κ1) is 34.9. The lowest BCUT2D eigenvalue weighted by molar-refractivity contribution is 0.0982. The number of methoxy groups -OCH3 is 1. The summed E-state index contributed by atoms with van der Waals surface area (Å²) in [5.41, 5.74) is 8.87. The third-order valence-corrected chi connectivity index (χ3v) is 10.4. The van der Waals surface area contributed by atoms with Gasteiger partial charge < -0.3 is 34.6 Å². The minimum atomic E-state index is -3.34. The van der Waals surface area contributed by atoms with Gasteiger partial charge in [0.05, 0.1) is 31.5 Å². The van der Waals surface area contributed by atoms with Crippen LogP contribution in [0.25, 0.3) is 0 Å². The number of piperazine rings is 1. The number of benzene rings is 2. The number of nitrogens with zero attached hydrogens (tertiary/aromatic N) is 5. The molecule has 246 valence electrons. The van der Waals surface area contributed by atoms with E-state index in [0.29, 0.717) is 23.2 Å². The van der Waals surface area contributed by atoms with Crippen molar-refractivity contribution in [3.05, 3.63) is 59.3 Å². The third kappa shape index (κ3) is 9.78. The van der Waals surface area contributed by atoms with E-state index in [9.17, 15) is 4.57 Å². The molecule has 0 amide bonds. The van der Waals surface area contributed by atoms with E-state index in [4.69, 9.17) is 31.1 Å². The molecule has 4 rings (SSSR count). The standard InChI is InChI=1S/C32H47ClN7O4P/c1-5-43-45(41,44-6-2)23-25-9-7-8-10-29(25)37-32(28(33)22-34)36-24-35-30-12-11-27(21-31(30)42-4)39-15-13-26(14-16-39)40-19-17-38(3)18-20-40/h7-12,21-22,24,26H,5-6,13-20,23,34H2,1-4H3,(H,35,36,37)/b28-22+. The van der Waals surface area contributed by atoms with E-state index in [1.807, 2.05) is 36.4 Å². The molecule has 0 spiro atoms. The second-order valence-electron chi connectivity index (χ2n) is 11.0. The van der Waals surface area contributed by atoms with Crippen LogP contribution in [-0.4, -0.2) is 94.7 Å². The monoisotopic (exact) mass is 659 g/mol. The lowest BCUT2D eigenvalue weighted by atomic mass is 10.0. The van der Waals surface area contributed by atoms with E-state index >= 15 is 0 Å². The number of anilines is 2. The van der Waals surface area contributed by atoms with Crippen LogP contribution < -0.4 is 20.7 Å². The van der Waals surface area contributed by atoms with Crippen molar-refractivity contribution >= 4 is 48.4 Å². The number of likely N-dealkylation sites (N-methyl/N-ethyl adjacent to an activating group) is 1. The first-order valence-electron chi connectivity index (χ1n) is 15.6. The van der Waals surface area contributed by atoms with Crippen molar-refractivity contribution in [1.82, 2.24) is 9.80 Å². The number of para-hydroxylation sites is 1. The summed E-state index contributed by atoms with van der Waals surface area (Å²) in [6.45, 7) is 10.8. The summed E-state index contributed by atoms with van der Waals surface area (Å²) >= 11 is 6.42. The van der Waals surface area contributed by atoms with Crippen molar-refractivity contribution in [3.63, 3.8) is 0 Å². The van der Waals surface area contributed by atoms with Crippen LogP contribution in [0.5, 0.6) is 5.75 Å². The lowest BCUT2D eigenvalue weighted by Crippen LogP contribution is -2.52. The van der Waals surface area contributed by atoms with Gasteiger partial charge in [-0.25, -0.2) is 9.98 Å². The normalized spacial score (nSPS) is 18.1. The molecule has 0 bridgehead atoms. The molecule has 0 atom stereocenters. The van der Waals surface area contributed by atoms with Gasteiger partial charge in [0.25, 0.3) is 0 Å².